The summed E-state index contributed by atoms with van der Waals surface area (Å²) in [6.45, 7) is 5.85. The van der Waals surface area contributed by atoms with Gasteiger partial charge in [0.2, 0.25) is 6.41 Å². The fourth-order valence-electron chi connectivity index (χ4n) is 2.27. The fourth-order valence-corrected chi connectivity index (χ4v) is 2.27. The Morgan fingerprint density at radius 3 is 1.81 bits per heavy atom. The van der Waals surface area contributed by atoms with Crippen LogP contribution in [0.15, 0.2) is 48.5 Å². The summed E-state index contributed by atoms with van der Waals surface area (Å²) < 4.78 is 80.5. The van der Waals surface area contributed by atoms with Crippen molar-refractivity contribution in [2.75, 3.05) is 7.11 Å². The van der Waals surface area contributed by atoms with Crippen molar-refractivity contribution in [2.45, 2.75) is 45.8 Å². The second-order valence-electron chi connectivity index (χ2n) is 6.08. The Hall–Kier alpha value is -2.88. The minimum Gasteiger partial charge on any atom is -0.380 e. The van der Waals surface area contributed by atoms with Crippen molar-refractivity contribution < 1.29 is 40.7 Å². The number of carbonyl (C=O) groups excluding carboxylic acids is 2. The molecule has 2 aromatic rings. The summed E-state index contributed by atoms with van der Waals surface area (Å²) in [5.74, 6) is -1.06. The molecular weight excluding hydrogens is 440 g/mol. The molecule has 0 bridgehead atoms. The van der Waals surface area contributed by atoms with Crippen LogP contribution >= 0.6 is 0 Å². The quantitative estimate of drug-likeness (QED) is 0.328. The van der Waals surface area contributed by atoms with Crippen LogP contribution in [0.4, 0.5) is 26.3 Å². The number of methoxy groups -OCH3 is 1. The molecule has 0 heterocycles. The smallest absolute Gasteiger partial charge is 0.380 e. The molecule has 0 aromatic heterocycles. The standard InChI is InChI=1S/C12H9F6NO2.C8H10O.C2H6/c1-6(19-5-20)10(21)7-2-8(11(13,14)15)4-9(3-7)12(16,17)18;1-9-7-8-5-3-2-4-6-8;1-2/h2-6H,1H3,(H,19,20);2-6H,7H2,1H3;1-2H3. The number of Topliss-reactive ketones (excluding diaryl/α,β-unsaturated/α-hetero) is 1. The molecule has 1 atom stereocenters. The Bertz CT molecular complexity index is 804. The SMILES string of the molecule is CC.CC(NC=O)C(=O)c1cc(C(F)(F)F)cc(C(F)(F)F)c1.COCc1ccccc1. The van der Waals surface area contributed by atoms with E-state index in [4.69, 9.17) is 4.74 Å². The van der Waals surface area contributed by atoms with E-state index < -0.39 is 40.9 Å². The lowest BCUT2D eigenvalue weighted by atomic mass is 9.99. The van der Waals surface area contributed by atoms with Gasteiger partial charge in [0.05, 0.1) is 23.8 Å². The minimum atomic E-state index is -5.03. The number of hydrogen-bond donors (Lipinski definition) is 1. The van der Waals surface area contributed by atoms with Crippen molar-refractivity contribution >= 4 is 12.2 Å². The topological polar surface area (TPSA) is 55.4 Å². The van der Waals surface area contributed by atoms with Gasteiger partial charge in [-0.2, -0.15) is 26.3 Å². The van der Waals surface area contributed by atoms with Gasteiger partial charge in [-0.05, 0) is 30.7 Å². The number of rotatable bonds is 6. The lowest BCUT2D eigenvalue weighted by Gasteiger charge is -2.15. The van der Waals surface area contributed by atoms with Crippen LogP contribution in [0.25, 0.3) is 0 Å². The van der Waals surface area contributed by atoms with E-state index in [0.717, 1.165) is 6.92 Å². The molecule has 0 aliphatic carbocycles. The number of ether oxygens (including phenoxy) is 1. The number of halogens is 6. The molecular formula is C22H25F6NO3. The Morgan fingerprint density at radius 2 is 1.44 bits per heavy atom. The van der Waals surface area contributed by atoms with Crippen LogP contribution < -0.4 is 5.32 Å². The molecule has 0 spiro atoms. The number of carbonyl (C=O) groups is 2. The van der Waals surface area contributed by atoms with Gasteiger partial charge in [-0.1, -0.05) is 44.2 Å². The van der Waals surface area contributed by atoms with Crippen LogP contribution in [-0.4, -0.2) is 25.3 Å². The maximum absolute atomic E-state index is 12.6. The normalized spacial score (nSPS) is 11.8. The zero-order valence-electron chi connectivity index (χ0n) is 18.0. The van der Waals surface area contributed by atoms with Crippen molar-refractivity contribution in [3.05, 3.63) is 70.8 Å². The van der Waals surface area contributed by atoms with Gasteiger partial charge in [0.25, 0.3) is 0 Å². The minimum absolute atomic E-state index is 0.0748. The summed E-state index contributed by atoms with van der Waals surface area (Å²) in [5.41, 5.74) is -2.73. The predicted octanol–water partition coefficient (Wildman–Crippen LogP) is 5.90. The highest BCUT2D eigenvalue weighted by molar-refractivity contribution is 6.01. The highest BCUT2D eigenvalue weighted by Crippen LogP contribution is 2.36. The number of alkyl halides is 6. The Morgan fingerprint density at radius 1 is 0.969 bits per heavy atom. The Labute approximate surface area is 182 Å². The van der Waals surface area contributed by atoms with Gasteiger partial charge in [-0.25, -0.2) is 0 Å². The van der Waals surface area contributed by atoms with Gasteiger partial charge in [-0.3, -0.25) is 9.59 Å². The number of amides is 1. The van der Waals surface area contributed by atoms with Crippen LogP contribution in [0.1, 0.15) is 47.8 Å². The number of ketones is 1. The van der Waals surface area contributed by atoms with E-state index in [9.17, 15) is 35.9 Å². The molecule has 2 rings (SSSR count). The molecule has 10 heteroatoms. The van der Waals surface area contributed by atoms with E-state index in [1.807, 2.05) is 49.5 Å². The molecule has 0 radical (unpaired) electrons. The molecule has 0 aliphatic rings. The van der Waals surface area contributed by atoms with Crippen molar-refractivity contribution in [1.29, 1.82) is 0 Å². The molecule has 0 fully saturated rings. The second-order valence-corrected chi connectivity index (χ2v) is 6.08. The summed E-state index contributed by atoms with van der Waals surface area (Å²) in [4.78, 5) is 21.9. The van der Waals surface area contributed by atoms with E-state index >= 15 is 0 Å². The predicted molar refractivity (Wildman–Crippen MR) is 108 cm³/mol. The first-order chi connectivity index (χ1) is 14.9. The maximum Gasteiger partial charge on any atom is 0.416 e. The molecule has 0 aliphatic heterocycles. The largest absolute Gasteiger partial charge is 0.416 e. The summed E-state index contributed by atoms with van der Waals surface area (Å²) >= 11 is 0. The average molecular weight is 465 g/mol. The Kier molecular flexibility index (Phi) is 12.3. The molecule has 1 amide bonds. The van der Waals surface area contributed by atoms with E-state index in [0.29, 0.717) is 18.7 Å². The van der Waals surface area contributed by atoms with E-state index in [-0.39, 0.29) is 12.5 Å². The maximum atomic E-state index is 12.6. The lowest BCUT2D eigenvalue weighted by Crippen LogP contribution is -2.33. The summed E-state index contributed by atoms with van der Waals surface area (Å²) in [7, 11) is 1.70. The molecule has 178 valence electrons. The third kappa shape index (κ3) is 9.95. The number of hydrogen-bond acceptors (Lipinski definition) is 3. The molecule has 4 nitrogen and oxygen atoms in total. The first-order valence-corrected chi connectivity index (χ1v) is 9.46. The molecule has 0 saturated carbocycles. The Balaban J connectivity index is 0.000000723. The van der Waals surface area contributed by atoms with Crippen molar-refractivity contribution in [3.8, 4) is 0 Å². The van der Waals surface area contributed by atoms with Crippen LogP contribution in [0, 0.1) is 0 Å². The molecule has 2 aromatic carbocycles. The third-order valence-corrected chi connectivity index (χ3v) is 3.74. The molecule has 0 saturated heterocycles. The van der Waals surface area contributed by atoms with Crippen molar-refractivity contribution in [1.82, 2.24) is 5.32 Å². The van der Waals surface area contributed by atoms with Gasteiger partial charge in [0.15, 0.2) is 5.78 Å². The highest BCUT2D eigenvalue weighted by Gasteiger charge is 2.37. The van der Waals surface area contributed by atoms with Crippen LogP contribution in [0.2, 0.25) is 0 Å². The van der Waals surface area contributed by atoms with E-state index in [2.05, 4.69) is 0 Å². The molecule has 1 unspecified atom stereocenters. The first kappa shape index (κ1) is 29.1. The van der Waals surface area contributed by atoms with E-state index in [1.165, 1.54) is 5.56 Å². The molecule has 32 heavy (non-hydrogen) atoms. The zero-order valence-corrected chi connectivity index (χ0v) is 18.0. The monoisotopic (exact) mass is 465 g/mol. The van der Waals surface area contributed by atoms with Crippen molar-refractivity contribution in [3.63, 3.8) is 0 Å². The fraction of sp³-hybridized carbons (Fsp3) is 0.364. The average Bonchev–Trinajstić information content (AvgIpc) is 2.75. The summed E-state index contributed by atoms with van der Waals surface area (Å²) in [6.07, 6.45) is -9.93. The van der Waals surface area contributed by atoms with E-state index in [1.54, 1.807) is 7.11 Å². The van der Waals surface area contributed by atoms with Gasteiger partial charge in [0, 0.05) is 12.7 Å². The molecule has 1 N–H and O–H groups in total. The number of nitrogens with one attached hydrogen (secondary N) is 1. The van der Waals surface area contributed by atoms with Crippen LogP contribution in [-0.2, 0) is 28.5 Å². The second kappa shape index (κ2) is 13.5. The van der Waals surface area contributed by atoms with Gasteiger partial charge < -0.3 is 10.1 Å². The van der Waals surface area contributed by atoms with Crippen LogP contribution in [0.3, 0.4) is 0 Å². The summed E-state index contributed by atoms with van der Waals surface area (Å²) in [6, 6.07) is 9.43. The highest BCUT2D eigenvalue weighted by atomic mass is 19.4. The lowest BCUT2D eigenvalue weighted by molar-refractivity contribution is -0.143. The summed E-state index contributed by atoms with van der Waals surface area (Å²) in [5, 5.41) is 1.97. The van der Waals surface area contributed by atoms with Crippen molar-refractivity contribution in [2.24, 2.45) is 0 Å². The zero-order chi connectivity index (χ0) is 24.9. The van der Waals surface area contributed by atoms with Crippen LogP contribution in [0.5, 0.6) is 0 Å². The number of benzene rings is 2. The van der Waals surface area contributed by atoms with Gasteiger partial charge in [-0.15, -0.1) is 0 Å². The van der Waals surface area contributed by atoms with Gasteiger partial charge in [0.1, 0.15) is 0 Å². The first-order valence-electron chi connectivity index (χ1n) is 9.46. The third-order valence-electron chi connectivity index (χ3n) is 3.74. The van der Waals surface area contributed by atoms with Gasteiger partial charge >= 0.3 is 12.4 Å².